The first-order valence-electron chi connectivity index (χ1n) is 8.15. The predicted octanol–water partition coefficient (Wildman–Crippen LogP) is 1.69. The molecule has 3 rings (SSSR count). The van der Waals surface area contributed by atoms with Crippen LogP contribution in [0.5, 0.6) is 0 Å². The van der Waals surface area contributed by atoms with Crippen LogP contribution in [0.3, 0.4) is 0 Å². The Labute approximate surface area is 131 Å². The number of nitrogens with zero attached hydrogens (tertiary/aromatic N) is 1. The number of nitrogens with one attached hydrogen (secondary N) is 2. The molecular weight excluding hydrogens is 281 g/mol. The van der Waals surface area contributed by atoms with E-state index in [1.807, 2.05) is 11.0 Å². The van der Waals surface area contributed by atoms with Gasteiger partial charge in [-0.3, -0.25) is 4.79 Å². The van der Waals surface area contributed by atoms with E-state index in [1.165, 1.54) is 6.07 Å². The lowest BCUT2D eigenvalue weighted by molar-refractivity contribution is -0.140. The zero-order valence-electron chi connectivity index (χ0n) is 13.0. The summed E-state index contributed by atoms with van der Waals surface area (Å²) in [5, 5.41) is 6.71. The third-order valence-corrected chi connectivity index (χ3v) is 4.73. The van der Waals surface area contributed by atoms with Gasteiger partial charge >= 0.3 is 0 Å². The van der Waals surface area contributed by atoms with Gasteiger partial charge in [-0.1, -0.05) is 12.1 Å². The predicted molar refractivity (Wildman–Crippen MR) is 83.9 cm³/mol. The smallest absolute Gasteiger partial charge is 0.226 e. The first-order valence-corrected chi connectivity index (χ1v) is 8.15. The average Bonchev–Trinajstić information content (AvgIpc) is 2.54. The van der Waals surface area contributed by atoms with Crippen LogP contribution < -0.4 is 10.6 Å². The van der Waals surface area contributed by atoms with Crippen molar-refractivity contribution in [2.24, 2.45) is 5.92 Å². The fourth-order valence-corrected chi connectivity index (χ4v) is 3.57. The van der Waals surface area contributed by atoms with E-state index < -0.39 is 0 Å². The Balaban J connectivity index is 1.78. The first kappa shape index (κ1) is 15.4. The third kappa shape index (κ3) is 3.31. The van der Waals surface area contributed by atoms with Crippen molar-refractivity contribution in [3.8, 4) is 0 Å². The van der Waals surface area contributed by atoms with E-state index in [0.717, 1.165) is 31.5 Å². The Morgan fingerprint density at radius 1 is 1.36 bits per heavy atom. The van der Waals surface area contributed by atoms with Crippen molar-refractivity contribution in [1.29, 1.82) is 0 Å². The normalized spacial score (nSPS) is 29.4. The highest BCUT2D eigenvalue weighted by atomic mass is 19.1. The SMILES string of the molecule is C[C@H]1C[C@@H](C(=O)N2CCNCC2c2cccc(F)c2)CCN1. The van der Waals surface area contributed by atoms with Gasteiger partial charge in [-0.25, -0.2) is 4.39 Å². The molecule has 1 aromatic rings. The molecule has 22 heavy (non-hydrogen) atoms. The fourth-order valence-electron chi connectivity index (χ4n) is 3.57. The molecule has 4 nitrogen and oxygen atoms in total. The molecule has 120 valence electrons. The van der Waals surface area contributed by atoms with Gasteiger partial charge in [-0.05, 0) is 44.0 Å². The number of rotatable bonds is 2. The maximum Gasteiger partial charge on any atom is 0.226 e. The molecule has 2 fully saturated rings. The van der Waals surface area contributed by atoms with Crippen LogP contribution in [0, 0.1) is 11.7 Å². The molecule has 2 aliphatic heterocycles. The Morgan fingerprint density at radius 3 is 3.00 bits per heavy atom. The standard InChI is InChI=1S/C17H24FN3O/c1-12-9-14(5-6-20-12)17(22)21-8-7-19-11-16(21)13-3-2-4-15(18)10-13/h2-4,10,12,14,16,19-20H,5-9,11H2,1H3/t12-,14-,16?/m0/s1. The van der Waals surface area contributed by atoms with Crippen LogP contribution in [-0.2, 0) is 4.79 Å². The molecule has 2 saturated heterocycles. The lowest BCUT2D eigenvalue weighted by Gasteiger charge is -2.40. The van der Waals surface area contributed by atoms with Crippen molar-refractivity contribution in [3.63, 3.8) is 0 Å². The number of benzene rings is 1. The van der Waals surface area contributed by atoms with Gasteiger partial charge in [0.25, 0.3) is 0 Å². The molecule has 1 aromatic carbocycles. The quantitative estimate of drug-likeness (QED) is 0.874. The molecule has 3 atom stereocenters. The molecule has 1 unspecified atom stereocenters. The Bertz CT molecular complexity index is 536. The summed E-state index contributed by atoms with van der Waals surface area (Å²) >= 11 is 0. The van der Waals surface area contributed by atoms with Crippen molar-refractivity contribution in [2.75, 3.05) is 26.2 Å². The number of hydrogen-bond acceptors (Lipinski definition) is 3. The minimum Gasteiger partial charge on any atom is -0.333 e. The lowest BCUT2D eigenvalue weighted by atomic mass is 9.90. The summed E-state index contributed by atoms with van der Waals surface area (Å²) in [5.41, 5.74) is 0.877. The number of carbonyl (C=O) groups excluding carboxylic acids is 1. The number of piperidine rings is 1. The Morgan fingerprint density at radius 2 is 2.23 bits per heavy atom. The topological polar surface area (TPSA) is 44.4 Å². The molecule has 2 aliphatic rings. The number of hydrogen-bond donors (Lipinski definition) is 2. The highest BCUT2D eigenvalue weighted by molar-refractivity contribution is 5.79. The summed E-state index contributed by atoms with van der Waals surface area (Å²) < 4.78 is 13.5. The van der Waals surface area contributed by atoms with Gasteiger partial charge in [0.05, 0.1) is 6.04 Å². The minimum atomic E-state index is -0.244. The molecule has 0 saturated carbocycles. The highest BCUT2D eigenvalue weighted by Gasteiger charge is 2.34. The summed E-state index contributed by atoms with van der Waals surface area (Å²) in [6.07, 6.45) is 1.78. The second-order valence-corrected chi connectivity index (χ2v) is 6.38. The molecular formula is C17H24FN3O. The van der Waals surface area contributed by atoms with Crippen molar-refractivity contribution in [1.82, 2.24) is 15.5 Å². The number of amides is 1. The van der Waals surface area contributed by atoms with E-state index in [4.69, 9.17) is 0 Å². The van der Waals surface area contributed by atoms with Gasteiger partial charge in [-0.2, -0.15) is 0 Å². The second kappa shape index (κ2) is 6.75. The van der Waals surface area contributed by atoms with Crippen molar-refractivity contribution in [3.05, 3.63) is 35.6 Å². The summed E-state index contributed by atoms with van der Waals surface area (Å²) in [6, 6.07) is 6.93. The molecule has 0 spiro atoms. The molecule has 1 amide bonds. The van der Waals surface area contributed by atoms with E-state index in [0.29, 0.717) is 19.1 Å². The summed E-state index contributed by atoms with van der Waals surface area (Å²) in [7, 11) is 0. The molecule has 0 radical (unpaired) electrons. The summed E-state index contributed by atoms with van der Waals surface area (Å²) in [6.45, 7) is 5.21. The van der Waals surface area contributed by atoms with Crippen LogP contribution in [-0.4, -0.2) is 43.0 Å². The zero-order chi connectivity index (χ0) is 15.5. The highest BCUT2D eigenvalue weighted by Crippen LogP contribution is 2.27. The van der Waals surface area contributed by atoms with Gasteiger partial charge < -0.3 is 15.5 Å². The molecule has 0 aromatic heterocycles. The first-order chi connectivity index (χ1) is 10.6. The van der Waals surface area contributed by atoms with Crippen LogP contribution in [0.4, 0.5) is 4.39 Å². The second-order valence-electron chi connectivity index (χ2n) is 6.38. The van der Waals surface area contributed by atoms with Gasteiger partial charge in [0, 0.05) is 31.6 Å². The molecule has 0 aliphatic carbocycles. The van der Waals surface area contributed by atoms with Gasteiger partial charge in [0.15, 0.2) is 0 Å². The fraction of sp³-hybridized carbons (Fsp3) is 0.588. The molecule has 2 N–H and O–H groups in total. The minimum absolute atomic E-state index is 0.0675. The maximum absolute atomic E-state index is 13.5. The zero-order valence-corrected chi connectivity index (χ0v) is 13.0. The lowest BCUT2D eigenvalue weighted by Crippen LogP contribution is -2.52. The maximum atomic E-state index is 13.5. The molecule has 2 heterocycles. The summed E-state index contributed by atoms with van der Waals surface area (Å²) in [5.74, 6) is 0.0699. The molecule has 5 heteroatoms. The third-order valence-electron chi connectivity index (χ3n) is 4.73. The van der Waals surface area contributed by atoms with E-state index in [9.17, 15) is 9.18 Å². The van der Waals surface area contributed by atoms with E-state index in [-0.39, 0.29) is 23.7 Å². The number of carbonyl (C=O) groups is 1. The van der Waals surface area contributed by atoms with Crippen LogP contribution >= 0.6 is 0 Å². The molecule has 0 bridgehead atoms. The van der Waals surface area contributed by atoms with Crippen LogP contribution in [0.25, 0.3) is 0 Å². The van der Waals surface area contributed by atoms with Gasteiger partial charge in [0.1, 0.15) is 5.82 Å². The number of halogens is 1. The monoisotopic (exact) mass is 305 g/mol. The number of piperazine rings is 1. The van der Waals surface area contributed by atoms with E-state index >= 15 is 0 Å². The van der Waals surface area contributed by atoms with Crippen molar-refractivity contribution in [2.45, 2.75) is 31.8 Å². The Kier molecular flexibility index (Phi) is 4.74. The van der Waals surface area contributed by atoms with Crippen LogP contribution in [0.2, 0.25) is 0 Å². The van der Waals surface area contributed by atoms with Crippen LogP contribution in [0.15, 0.2) is 24.3 Å². The van der Waals surface area contributed by atoms with Crippen LogP contribution in [0.1, 0.15) is 31.4 Å². The van der Waals surface area contributed by atoms with Gasteiger partial charge in [0.2, 0.25) is 5.91 Å². The largest absolute Gasteiger partial charge is 0.333 e. The van der Waals surface area contributed by atoms with Crippen molar-refractivity contribution < 1.29 is 9.18 Å². The van der Waals surface area contributed by atoms with E-state index in [2.05, 4.69) is 17.6 Å². The van der Waals surface area contributed by atoms with Crippen molar-refractivity contribution >= 4 is 5.91 Å². The Hall–Kier alpha value is -1.46. The van der Waals surface area contributed by atoms with E-state index in [1.54, 1.807) is 12.1 Å². The average molecular weight is 305 g/mol. The van der Waals surface area contributed by atoms with Gasteiger partial charge in [-0.15, -0.1) is 0 Å². The summed E-state index contributed by atoms with van der Waals surface area (Å²) in [4.78, 5) is 14.9.